The van der Waals surface area contributed by atoms with Gasteiger partial charge in [0.2, 0.25) is 0 Å². The number of hydrogen-bond acceptors (Lipinski definition) is 9. The Morgan fingerprint density at radius 3 is 1.37 bits per heavy atom. The van der Waals surface area contributed by atoms with E-state index in [2.05, 4.69) is 13.8 Å². The Morgan fingerprint density at radius 2 is 0.933 bits per heavy atom. The Balaban J connectivity index is 0.000000609. The zero-order valence-electron chi connectivity index (χ0n) is 16.8. The molecule has 0 fully saturated rings. The fraction of sp³-hybridized carbons (Fsp3) is 0.429. The molecule has 6 heterocycles. The second-order valence-corrected chi connectivity index (χ2v) is 9.51. The van der Waals surface area contributed by atoms with E-state index < -0.39 is 0 Å². The summed E-state index contributed by atoms with van der Waals surface area (Å²) in [6.07, 6.45) is 1.25. The molecule has 0 N–H and O–H groups in total. The van der Waals surface area contributed by atoms with Crippen molar-refractivity contribution in [2.75, 3.05) is 39.6 Å². The fourth-order valence-corrected chi connectivity index (χ4v) is 6.62. The first-order chi connectivity index (χ1) is 14.8. The van der Waals surface area contributed by atoms with E-state index in [0.717, 1.165) is 54.0 Å². The maximum atomic E-state index is 6.02. The van der Waals surface area contributed by atoms with Crippen molar-refractivity contribution in [2.24, 2.45) is 0 Å². The first-order valence-corrected chi connectivity index (χ1v) is 12.6. The lowest BCUT2D eigenvalue weighted by molar-refractivity contribution is 0.171. The van der Waals surface area contributed by atoms with Gasteiger partial charge >= 0.3 is 0 Å². The van der Waals surface area contributed by atoms with E-state index in [-0.39, 0.29) is 0 Å². The summed E-state index contributed by atoms with van der Waals surface area (Å²) in [5.74, 6) is 4.74. The largest absolute Gasteiger partial charge is 0.485 e. The van der Waals surface area contributed by atoms with Gasteiger partial charge in [-0.1, -0.05) is 20.3 Å². The summed E-state index contributed by atoms with van der Waals surface area (Å²) in [6.45, 7) is 7.58. The zero-order valence-corrected chi connectivity index (χ0v) is 19.2. The monoisotopic (exact) mass is 466 g/mol. The summed E-state index contributed by atoms with van der Waals surface area (Å²) in [5.41, 5.74) is 0. The zero-order chi connectivity index (χ0) is 20.5. The Bertz CT molecular complexity index is 955. The highest BCUT2D eigenvalue weighted by molar-refractivity contribution is 7.27. The molecule has 0 atom stereocenters. The average Bonchev–Trinajstić information content (AvgIpc) is 3.49. The van der Waals surface area contributed by atoms with Gasteiger partial charge in [-0.25, -0.2) is 0 Å². The average molecular weight is 467 g/mol. The molecule has 9 heteroatoms. The second kappa shape index (κ2) is 8.56. The topological polar surface area (TPSA) is 55.4 Å². The summed E-state index contributed by atoms with van der Waals surface area (Å²) < 4.78 is 35.2. The van der Waals surface area contributed by atoms with Crippen molar-refractivity contribution in [3.05, 3.63) is 10.8 Å². The molecule has 3 aromatic rings. The Morgan fingerprint density at radius 1 is 0.567 bits per heavy atom. The van der Waals surface area contributed by atoms with Gasteiger partial charge in [-0.3, -0.25) is 0 Å². The maximum absolute atomic E-state index is 6.02. The van der Waals surface area contributed by atoms with E-state index in [1.54, 1.807) is 34.0 Å². The molecular weight excluding hydrogens is 444 g/mol. The summed E-state index contributed by atoms with van der Waals surface area (Å²) in [7, 11) is 0. The first kappa shape index (κ1) is 19.8. The van der Waals surface area contributed by atoms with Gasteiger partial charge in [-0.05, 0) is 0 Å². The Labute approximate surface area is 186 Å². The lowest BCUT2D eigenvalue weighted by atomic mass is 10.2. The molecule has 6 nitrogen and oxygen atoms in total. The van der Waals surface area contributed by atoms with E-state index in [1.165, 1.54) is 6.42 Å². The lowest BCUT2D eigenvalue weighted by Gasteiger charge is -2.19. The van der Waals surface area contributed by atoms with E-state index in [1.807, 2.05) is 10.8 Å². The smallest absolute Gasteiger partial charge is 0.181 e. The standard InChI is InChI=1S/C18H14O6S3.C3H8/c1-3-21-11-9(19-1)7-25-15(11)17-13-14(24-6-5-23-13)18(27-17)16-12-10(8-26-16)20-2-4-22-12;1-3-2/h7-8H,1-6H2;3H2,1-2H3. The molecule has 3 aromatic heterocycles. The molecule has 0 aromatic carbocycles. The Hall–Kier alpha value is -2.10. The van der Waals surface area contributed by atoms with Gasteiger partial charge in [-0.15, -0.1) is 34.0 Å². The van der Waals surface area contributed by atoms with Crippen molar-refractivity contribution in [2.45, 2.75) is 20.3 Å². The van der Waals surface area contributed by atoms with Crippen molar-refractivity contribution in [3.8, 4) is 54.0 Å². The van der Waals surface area contributed by atoms with Crippen LogP contribution in [0.25, 0.3) is 19.5 Å². The molecule has 6 rings (SSSR count). The number of hydrogen-bond donors (Lipinski definition) is 0. The maximum Gasteiger partial charge on any atom is 0.181 e. The SMILES string of the molecule is CCC.c1sc(-c2sc(-c3scc4c3OCCO4)c3c2OCCO3)c2c1OCCO2. The van der Waals surface area contributed by atoms with Gasteiger partial charge in [0.05, 0.1) is 19.5 Å². The van der Waals surface area contributed by atoms with Gasteiger partial charge in [-0.2, -0.15) is 0 Å². The Kier molecular flexibility index (Phi) is 5.66. The quantitative estimate of drug-likeness (QED) is 0.466. The van der Waals surface area contributed by atoms with Crippen molar-refractivity contribution in [1.82, 2.24) is 0 Å². The number of thiophene rings is 3. The van der Waals surface area contributed by atoms with Crippen LogP contribution in [0.1, 0.15) is 20.3 Å². The minimum Gasteiger partial charge on any atom is -0.485 e. The minimum absolute atomic E-state index is 0.531. The molecule has 0 radical (unpaired) electrons. The molecule has 0 saturated carbocycles. The number of fused-ring (bicyclic) bond motifs is 3. The van der Waals surface area contributed by atoms with E-state index in [0.29, 0.717) is 39.6 Å². The summed E-state index contributed by atoms with van der Waals surface area (Å²) >= 11 is 4.84. The molecule has 160 valence electrons. The highest BCUT2D eigenvalue weighted by Crippen LogP contribution is 2.61. The van der Waals surface area contributed by atoms with Crippen LogP contribution in [0.15, 0.2) is 10.8 Å². The number of rotatable bonds is 2. The molecule has 0 amide bonds. The molecule has 3 aliphatic rings. The molecule has 0 bridgehead atoms. The summed E-state index contributed by atoms with van der Waals surface area (Å²) in [4.78, 5) is 4.06. The second-order valence-electron chi connectivity index (χ2n) is 6.73. The van der Waals surface area contributed by atoms with Crippen LogP contribution in [-0.4, -0.2) is 39.6 Å². The van der Waals surface area contributed by atoms with E-state index in [9.17, 15) is 0 Å². The van der Waals surface area contributed by atoms with Crippen molar-refractivity contribution in [1.29, 1.82) is 0 Å². The van der Waals surface area contributed by atoms with Crippen LogP contribution in [-0.2, 0) is 0 Å². The third-order valence-electron chi connectivity index (χ3n) is 4.41. The fourth-order valence-electron chi connectivity index (χ4n) is 3.29. The molecule has 0 spiro atoms. The molecule has 30 heavy (non-hydrogen) atoms. The molecule has 0 saturated heterocycles. The predicted octanol–water partition coefficient (Wildman–Crippen LogP) is 5.94. The van der Waals surface area contributed by atoms with Gasteiger partial charge < -0.3 is 28.4 Å². The third-order valence-corrected chi connectivity index (χ3v) is 7.77. The van der Waals surface area contributed by atoms with Crippen molar-refractivity contribution in [3.63, 3.8) is 0 Å². The van der Waals surface area contributed by atoms with Gasteiger partial charge in [0, 0.05) is 10.8 Å². The molecule has 0 unspecified atom stereocenters. The highest BCUT2D eigenvalue weighted by Gasteiger charge is 2.33. The van der Waals surface area contributed by atoms with Gasteiger partial charge in [0.15, 0.2) is 34.5 Å². The van der Waals surface area contributed by atoms with Crippen LogP contribution in [0.4, 0.5) is 0 Å². The van der Waals surface area contributed by atoms with E-state index >= 15 is 0 Å². The van der Waals surface area contributed by atoms with Crippen LogP contribution in [0.2, 0.25) is 0 Å². The molecule has 3 aliphatic heterocycles. The van der Waals surface area contributed by atoms with Gasteiger partial charge in [0.25, 0.3) is 0 Å². The van der Waals surface area contributed by atoms with Crippen molar-refractivity contribution < 1.29 is 28.4 Å². The van der Waals surface area contributed by atoms with E-state index in [4.69, 9.17) is 28.4 Å². The van der Waals surface area contributed by atoms with Gasteiger partial charge in [0.1, 0.15) is 39.6 Å². The normalized spacial score (nSPS) is 15.9. The lowest BCUT2D eigenvalue weighted by Crippen LogP contribution is -2.16. The minimum atomic E-state index is 0.531. The van der Waals surface area contributed by atoms with Crippen molar-refractivity contribution >= 4 is 34.0 Å². The third kappa shape index (κ3) is 3.38. The van der Waals surface area contributed by atoms with Crippen LogP contribution in [0.5, 0.6) is 34.5 Å². The first-order valence-electron chi connectivity index (χ1n) is 9.99. The van der Waals surface area contributed by atoms with Crippen LogP contribution < -0.4 is 28.4 Å². The predicted molar refractivity (Wildman–Crippen MR) is 120 cm³/mol. The number of ether oxygens (including phenoxy) is 6. The van der Waals surface area contributed by atoms with Crippen LogP contribution in [0.3, 0.4) is 0 Å². The summed E-state index contributed by atoms with van der Waals surface area (Å²) in [6, 6.07) is 0. The molecule has 0 aliphatic carbocycles. The molecular formula is C21H22O6S3. The van der Waals surface area contributed by atoms with Crippen LogP contribution >= 0.6 is 34.0 Å². The van der Waals surface area contributed by atoms with Crippen LogP contribution in [0, 0.1) is 0 Å². The highest BCUT2D eigenvalue weighted by atomic mass is 32.1. The summed E-state index contributed by atoms with van der Waals surface area (Å²) in [5, 5.41) is 3.98.